The Kier molecular flexibility index (Phi) is 2.39. The molecule has 14 heavy (non-hydrogen) atoms. The number of hydrogen-bond acceptors (Lipinski definition) is 2. The van der Waals surface area contributed by atoms with Crippen LogP contribution < -0.4 is 10.6 Å². The first-order valence-electron chi connectivity index (χ1n) is 4.88. The Morgan fingerprint density at radius 3 is 2.29 bits per heavy atom. The molecule has 0 atom stereocenters. The third-order valence-corrected chi connectivity index (χ3v) is 2.39. The molecule has 2 N–H and O–H groups in total. The Hall–Kier alpha value is -1.51. The zero-order valence-electron chi connectivity index (χ0n) is 8.21. The zero-order chi connectivity index (χ0) is 9.97. The summed E-state index contributed by atoms with van der Waals surface area (Å²) in [6.07, 6.45) is 2.08. The van der Waals surface area contributed by atoms with Crippen LogP contribution in [-0.2, 0) is 4.79 Å². The lowest BCUT2D eigenvalue weighted by atomic mass is 10.2. The van der Waals surface area contributed by atoms with Crippen LogP contribution in [0.1, 0.15) is 12.8 Å². The molecule has 0 aliphatic heterocycles. The summed E-state index contributed by atoms with van der Waals surface area (Å²) in [5.74, 6) is 0.418. The Balaban J connectivity index is 1.98. The molecule has 3 nitrogen and oxygen atoms in total. The standard InChI is InChI=1S/C11H14N2O/c1-12-9-4-6-10(7-5-9)13-11(14)8-2-3-8/h4-8,12H,2-3H2,1H3,(H,13,14). The fourth-order valence-corrected chi connectivity index (χ4v) is 1.31. The number of amides is 1. The number of carbonyl (C=O) groups excluding carboxylic acids is 1. The third kappa shape index (κ3) is 2.05. The van der Waals surface area contributed by atoms with Crippen LogP contribution in [0, 0.1) is 5.92 Å². The molecule has 0 radical (unpaired) electrons. The quantitative estimate of drug-likeness (QED) is 0.766. The topological polar surface area (TPSA) is 41.1 Å². The van der Waals surface area contributed by atoms with Crippen molar-refractivity contribution in [2.75, 3.05) is 17.7 Å². The summed E-state index contributed by atoms with van der Waals surface area (Å²) >= 11 is 0. The van der Waals surface area contributed by atoms with Gasteiger partial charge in [-0.3, -0.25) is 4.79 Å². The van der Waals surface area contributed by atoms with E-state index in [2.05, 4.69) is 10.6 Å². The van der Waals surface area contributed by atoms with E-state index in [9.17, 15) is 4.79 Å². The first-order chi connectivity index (χ1) is 6.79. The molecule has 0 bridgehead atoms. The fraction of sp³-hybridized carbons (Fsp3) is 0.364. The van der Waals surface area contributed by atoms with Crippen molar-refractivity contribution >= 4 is 17.3 Å². The Morgan fingerprint density at radius 2 is 1.79 bits per heavy atom. The highest BCUT2D eigenvalue weighted by atomic mass is 16.2. The van der Waals surface area contributed by atoms with Gasteiger partial charge in [-0.1, -0.05) is 0 Å². The van der Waals surface area contributed by atoms with Crippen LogP contribution in [0.25, 0.3) is 0 Å². The molecule has 1 aromatic carbocycles. The summed E-state index contributed by atoms with van der Waals surface area (Å²) in [7, 11) is 1.87. The second kappa shape index (κ2) is 3.70. The van der Waals surface area contributed by atoms with Crippen LogP contribution in [0.3, 0.4) is 0 Å². The van der Waals surface area contributed by atoms with Gasteiger partial charge in [0, 0.05) is 24.3 Å². The van der Waals surface area contributed by atoms with Crippen LogP contribution in [0.2, 0.25) is 0 Å². The van der Waals surface area contributed by atoms with Crippen molar-refractivity contribution in [2.45, 2.75) is 12.8 Å². The van der Waals surface area contributed by atoms with E-state index in [1.54, 1.807) is 0 Å². The summed E-state index contributed by atoms with van der Waals surface area (Å²) in [6.45, 7) is 0. The molecule has 1 saturated carbocycles. The van der Waals surface area contributed by atoms with Gasteiger partial charge in [-0.05, 0) is 37.1 Å². The molecular formula is C11H14N2O. The monoisotopic (exact) mass is 190 g/mol. The predicted octanol–water partition coefficient (Wildman–Crippen LogP) is 2.08. The average Bonchev–Trinajstić information content (AvgIpc) is 3.02. The highest BCUT2D eigenvalue weighted by Gasteiger charge is 2.29. The van der Waals surface area contributed by atoms with Gasteiger partial charge in [0.15, 0.2) is 0 Å². The maximum atomic E-state index is 11.4. The molecule has 2 rings (SSSR count). The summed E-state index contributed by atoms with van der Waals surface area (Å²) in [6, 6.07) is 7.71. The minimum Gasteiger partial charge on any atom is -0.388 e. The van der Waals surface area contributed by atoms with E-state index in [1.807, 2.05) is 31.3 Å². The number of nitrogens with one attached hydrogen (secondary N) is 2. The van der Waals surface area contributed by atoms with Gasteiger partial charge in [0.05, 0.1) is 0 Å². The van der Waals surface area contributed by atoms with Gasteiger partial charge in [0.2, 0.25) is 5.91 Å². The summed E-state index contributed by atoms with van der Waals surface area (Å²) in [5, 5.41) is 5.92. The summed E-state index contributed by atoms with van der Waals surface area (Å²) in [5.41, 5.74) is 1.93. The number of anilines is 2. The van der Waals surface area contributed by atoms with Crippen molar-refractivity contribution in [3.63, 3.8) is 0 Å². The van der Waals surface area contributed by atoms with Crippen LogP contribution in [-0.4, -0.2) is 13.0 Å². The van der Waals surface area contributed by atoms with Gasteiger partial charge in [-0.25, -0.2) is 0 Å². The van der Waals surface area contributed by atoms with E-state index in [0.29, 0.717) is 0 Å². The molecular weight excluding hydrogens is 176 g/mol. The maximum Gasteiger partial charge on any atom is 0.227 e. The van der Waals surface area contributed by atoms with E-state index < -0.39 is 0 Å². The zero-order valence-corrected chi connectivity index (χ0v) is 8.21. The molecule has 1 amide bonds. The smallest absolute Gasteiger partial charge is 0.227 e. The molecule has 0 saturated heterocycles. The first-order valence-corrected chi connectivity index (χ1v) is 4.88. The van der Waals surface area contributed by atoms with Crippen molar-refractivity contribution in [3.8, 4) is 0 Å². The lowest BCUT2D eigenvalue weighted by Crippen LogP contribution is -2.13. The fourth-order valence-electron chi connectivity index (χ4n) is 1.31. The maximum absolute atomic E-state index is 11.4. The van der Waals surface area contributed by atoms with Gasteiger partial charge in [0.25, 0.3) is 0 Å². The second-order valence-corrected chi connectivity index (χ2v) is 3.59. The summed E-state index contributed by atoms with van der Waals surface area (Å²) in [4.78, 5) is 11.4. The van der Waals surface area contributed by atoms with Crippen molar-refractivity contribution in [1.82, 2.24) is 0 Å². The number of benzene rings is 1. The van der Waals surface area contributed by atoms with Gasteiger partial charge in [0.1, 0.15) is 0 Å². The Morgan fingerprint density at radius 1 is 1.21 bits per heavy atom. The highest BCUT2D eigenvalue weighted by molar-refractivity contribution is 5.94. The van der Waals surface area contributed by atoms with Gasteiger partial charge < -0.3 is 10.6 Å². The SMILES string of the molecule is CNc1ccc(NC(=O)C2CC2)cc1. The highest BCUT2D eigenvalue weighted by Crippen LogP contribution is 2.30. The minimum absolute atomic E-state index is 0.155. The molecule has 0 heterocycles. The Bertz CT molecular complexity index is 328. The van der Waals surface area contributed by atoms with Crippen molar-refractivity contribution in [3.05, 3.63) is 24.3 Å². The van der Waals surface area contributed by atoms with E-state index in [4.69, 9.17) is 0 Å². The van der Waals surface area contributed by atoms with E-state index >= 15 is 0 Å². The lowest BCUT2D eigenvalue weighted by molar-refractivity contribution is -0.117. The van der Waals surface area contributed by atoms with Crippen LogP contribution >= 0.6 is 0 Å². The minimum atomic E-state index is 0.155. The number of rotatable bonds is 3. The largest absolute Gasteiger partial charge is 0.388 e. The van der Waals surface area contributed by atoms with Gasteiger partial charge in [-0.2, -0.15) is 0 Å². The molecule has 0 aromatic heterocycles. The van der Waals surface area contributed by atoms with Crippen molar-refractivity contribution < 1.29 is 4.79 Å². The molecule has 1 fully saturated rings. The predicted molar refractivity (Wildman–Crippen MR) is 57.3 cm³/mol. The van der Waals surface area contributed by atoms with Gasteiger partial charge >= 0.3 is 0 Å². The van der Waals surface area contributed by atoms with Crippen molar-refractivity contribution in [1.29, 1.82) is 0 Å². The molecule has 3 heteroatoms. The molecule has 1 aliphatic carbocycles. The number of hydrogen-bond donors (Lipinski definition) is 2. The summed E-state index contributed by atoms with van der Waals surface area (Å²) < 4.78 is 0. The third-order valence-electron chi connectivity index (χ3n) is 2.39. The second-order valence-electron chi connectivity index (χ2n) is 3.59. The van der Waals surface area contributed by atoms with Crippen molar-refractivity contribution in [2.24, 2.45) is 5.92 Å². The molecule has 1 aromatic rings. The van der Waals surface area contributed by atoms with Gasteiger partial charge in [-0.15, -0.1) is 0 Å². The first kappa shape index (κ1) is 9.06. The normalized spacial score (nSPS) is 14.9. The van der Waals surface area contributed by atoms with Crippen LogP contribution in [0.5, 0.6) is 0 Å². The van der Waals surface area contributed by atoms with Crippen LogP contribution in [0.15, 0.2) is 24.3 Å². The lowest BCUT2D eigenvalue weighted by Gasteiger charge is -2.05. The molecule has 0 spiro atoms. The Labute approximate surface area is 83.5 Å². The molecule has 74 valence electrons. The van der Waals surface area contributed by atoms with E-state index in [1.165, 1.54) is 0 Å². The molecule has 1 aliphatic rings. The van der Waals surface area contributed by atoms with E-state index in [0.717, 1.165) is 24.2 Å². The van der Waals surface area contributed by atoms with E-state index in [-0.39, 0.29) is 11.8 Å². The number of carbonyl (C=O) groups is 1. The average molecular weight is 190 g/mol. The molecule has 0 unspecified atom stereocenters. The van der Waals surface area contributed by atoms with Crippen LogP contribution in [0.4, 0.5) is 11.4 Å².